The number of aliphatic carboxylic acids is 1. The van der Waals surface area contributed by atoms with Gasteiger partial charge in [0, 0.05) is 22.2 Å². The van der Waals surface area contributed by atoms with Crippen molar-refractivity contribution in [2.75, 3.05) is 5.32 Å². The minimum absolute atomic E-state index is 0.322. The number of carboxylic acids is 1. The number of benzene rings is 2. The molecular formula is C18H18N2O4. The monoisotopic (exact) mass is 326 g/mol. The smallest absolute Gasteiger partial charge is 0.412 e. The predicted octanol–water partition coefficient (Wildman–Crippen LogP) is 3.98. The molecule has 24 heavy (non-hydrogen) atoms. The van der Waals surface area contributed by atoms with Crippen LogP contribution in [-0.2, 0) is 9.53 Å². The molecule has 3 N–H and O–H groups in total. The van der Waals surface area contributed by atoms with Gasteiger partial charge < -0.3 is 14.8 Å². The highest BCUT2D eigenvalue weighted by Crippen LogP contribution is 2.30. The quantitative estimate of drug-likeness (QED) is 0.676. The van der Waals surface area contributed by atoms with Gasteiger partial charge in [0.2, 0.25) is 6.10 Å². The number of rotatable bonds is 4. The highest BCUT2D eigenvalue weighted by molar-refractivity contribution is 6.12. The second kappa shape index (κ2) is 6.23. The van der Waals surface area contributed by atoms with Gasteiger partial charge in [-0.05, 0) is 12.1 Å². The van der Waals surface area contributed by atoms with Crippen molar-refractivity contribution in [2.24, 2.45) is 5.92 Å². The van der Waals surface area contributed by atoms with Crippen LogP contribution in [0.5, 0.6) is 0 Å². The van der Waals surface area contributed by atoms with Crippen molar-refractivity contribution < 1.29 is 19.4 Å². The number of anilines is 1. The van der Waals surface area contributed by atoms with Crippen LogP contribution in [0.2, 0.25) is 0 Å². The van der Waals surface area contributed by atoms with Crippen LogP contribution < -0.4 is 5.32 Å². The Balaban J connectivity index is 1.90. The molecule has 3 aromatic rings. The van der Waals surface area contributed by atoms with Crippen molar-refractivity contribution >= 4 is 39.6 Å². The number of ether oxygens (including phenoxy) is 1. The number of aromatic nitrogens is 1. The summed E-state index contributed by atoms with van der Waals surface area (Å²) in [6.45, 7) is 3.37. The normalized spacial score (nSPS) is 12.5. The van der Waals surface area contributed by atoms with E-state index < -0.39 is 18.2 Å². The van der Waals surface area contributed by atoms with Crippen LogP contribution in [0.15, 0.2) is 42.5 Å². The standard InChI is InChI=1S/C18H18N2O4/c1-10(2)16(17(21)22)24-18(23)20-14-9-5-7-12-11-6-3-4-8-13(11)19-15(12)14/h3-10,16,19H,1-2H3,(H,20,23)(H,21,22)/t16-/m0/s1. The average molecular weight is 326 g/mol. The summed E-state index contributed by atoms with van der Waals surface area (Å²) in [6, 6.07) is 13.4. The van der Waals surface area contributed by atoms with Crippen molar-refractivity contribution in [3.8, 4) is 0 Å². The molecule has 0 unspecified atom stereocenters. The maximum atomic E-state index is 12.1. The maximum absolute atomic E-state index is 12.1. The lowest BCUT2D eigenvalue weighted by Crippen LogP contribution is -2.33. The van der Waals surface area contributed by atoms with Crippen molar-refractivity contribution in [1.29, 1.82) is 0 Å². The van der Waals surface area contributed by atoms with Gasteiger partial charge in [-0.25, -0.2) is 9.59 Å². The molecule has 6 nitrogen and oxygen atoms in total. The average Bonchev–Trinajstić information content (AvgIpc) is 2.92. The fourth-order valence-electron chi connectivity index (χ4n) is 2.70. The molecule has 0 spiro atoms. The van der Waals surface area contributed by atoms with Gasteiger partial charge in [-0.1, -0.05) is 44.2 Å². The number of amides is 1. The van der Waals surface area contributed by atoms with E-state index in [9.17, 15) is 9.59 Å². The molecule has 1 heterocycles. The van der Waals surface area contributed by atoms with Crippen LogP contribution in [-0.4, -0.2) is 28.3 Å². The molecule has 6 heteroatoms. The summed E-state index contributed by atoms with van der Waals surface area (Å²) in [6.07, 6.45) is -1.98. The molecule has 0 radical (unpaired) electrons. The lowest BCUT2D eigenvalue weighted by atomic mass is 10.1. The third kappa shape index (κ3) is 2.90. The Morgan fingerprint density at radius 3 is 2.50 bits per heavy atom. The van der Waals surface area contributed by atoms with Crippen LogP contribution >= 0.6 is 0 Å². The minimum Gasteiger partial charge on any atom is -0.478 e. The van der Waals surface area contributed by atoms with Crippen LogP contribution in [0.3, 0.4) is 0 Å². The second-order valence-electron chi connectivity index (χ2n) is 5.93. The summed E-state index contributed by atoms with van der Waals surface area (Å²) in [7, 11) is 0. The van der Waals surface area contributed by atoms with E-state index in [0.29, 0.717) is 5.69 Å². The van der Waals surface area contributed by atoms with E-state index in [-0.39, 0.29) is 5.92 Å². The first-order chi connectivity index (χ1) is 11.5. The van der Waals surface area contributed by atoms with Crippen molar-refractivity contribution in [2.45, 2.75) is 20.0 Å². The Morgan fingerprint density at radius 1 is 1.08 bits per heavy atom. The number of carboxylic acid groups (broad SMARTS) is 1. The molecule has 0 saturated heterocycles. The molecule has 3 rings (SSSR count). The topological polar surface area (TPSA) is 91.4 Å². The first-order valence-electron chi connectivity index (χ1n) is 7.67. The number of hydrogen-bond acceptors (Lipinski definition) is 3. The second-order valence-corrected chi connectivity index (χ2v) is 5.93. The number of carbonyl (C=O) groups is 2. The Labute approximate surface area is 138 Å². The summed E-state index contributed by atoms with van der Waals surface area (Å²) in [5.41, 5.74) is 2.27. The predicted molar refractivity (Wildman–Crippen MR) is 92.2 cm³/mol. The molecule has 0 aliphatic heterocycles. The molecule has 2 aromatic carbocycles. The fraction of sp³-hybridized carbons (Fsp3) is 0.222. The van der Waals surface area contributed by atoms with Crippen molar-refractivity contribution in [1.82, 2.24) is 4.98 Å². The number of nitrogens with one attached hydrogen (secondary N) is 2. The molecule has 0 aliphatic carbocycles. The molecule has 1 amide bonds. The van der Waals surface area contributed by atoms with Gasteiger partial charge in [-0.15, -0.1) is 0 Å². The van der Waals surface area contributed by atoms with Crippen LogP contribution in [0, 0.1) is 5.92 Å². The van der Waals surface area contributed by atoms with E-state index in [2.05, 4.69) is 10.3 Å². The number of H-pyrrole nitrogens is 1. The first-order valence-corrected chi connectivity index (χ1v) is 7.67. The number of fused-ring (bicyclic) bond motifs is 3. The molecular weight excluding hydrogens is 308 g/mol. The maximum Gasteiger partial charge on any atom is 0.412 e. The highest BCUT2D eigenvalue weighted by atomic mass is 16.6. The molecule has 0 fully saturated rings. The third-order valence-electron chi connectivity index (χ3n) is 3.86. The molecule has 1 aromatic heterocycles. The number of aromatic amines is 1. The molecule has 0 saturated carbocycles. The van der Waals surface area contributed by atoms with Gasteiger partial charge in [0.25, 0.3) is 0 Å². The van der Waals surface area contributed by atoms with Gasteiger partial charge in [0.1, 0.15) is 0 Å². The Morgan fingerprint density at radius 2 is 1.79 bits per heavy atom. The lowest BCUT2D eigenvalue weighted by Gasteiger charge is -2.17. The third-order valence-corrected chi connectivity index (χ3v) is 3.86. The largest absolute Gasteiger partial charge is 0.478 e. The molecule has 0 aliphatic rings. The van der Waals surface area contributed by atoms with Gasteiger partial charge in [0.15, 0.2) is 0 Å². The van der Waals surface area contributed by atoms with Gasteiger partial charge in [-0.3, -0.25) is 5.32 Å². The van der Waals surface area contributed by atoms with Crippen LogP contribution in [0.25, 0.3) is 21.8 Å². The molecule has 1 atom stereocenters. The molecule has 124 valence electrons. The van der Waals surface area contributed by atoms with Crippen molar-refractivity contribution in [3.63, 3.8) is 0 Å². The fourth-order valence-corrected chi connectivity index (χ4v) is 2.70. The number of para-hydroxylation sites is 2. The summed E-state index contributed by atoms with van der Waals surface area (Å²) in [5.74, 6) is -1.49. The van der Waals surface area contributed by atoms with Gasteiger partial charge >= 0.3 is 12.1 Å². The first kappa shape index (κ1) is 15.9. The summed E-state index contributed by atoms with van der Waals surface area (Å²) in [4.78, 5) is 26.5. The van der Waals surface area contributed by atoms with Crippen LogP contribution in [0.1, 0.15) is 13.8 Å². The molecule has 0 bridgehead atoms. The van der Waals surface area contributed by atoms with E-state index >= 15 is 0 Å². The van der Waals surface area contributed by atoms with Crippen molar-refractivity contribution in [3.05, 3.63) is 42.5 Å². The Hall–Kier alpha value is -3.02. The van der Waals surface area contributed by atoms with Crippen LogP contribution in [0.4, 0.5) is 10.5 Å². The SMILES string of the molecule is CC(C)[C@H](OC(=O)Nc1cccc2c1[nH]c1ccccc12)C(=O)O. The Kier molecular flexibility index (Phi) is 4.12. The number of carbonyl (C=O) groups excluding carboxylic acids is 1. The van der Waals surface area contributed by atoms with Gasteiger partial charge in [0.05, 0.1) is 11.2 Å². The minimum atomic E-state index is -1.19. The van der Waals surface area contributed by atoms with E-state index in [4.69, 9.17) is 9.84 Å². The highest BCUT2D eigenvalue weighted by Gasteiger charge is 2.26. The van der Waals surface area contributed by atoms with Gasteiger partial charge in [-0.2, -0.15) is 0 Å². The summed E-state index contributed by atoms with van der Waals surface area (Å²) >= 11 is 0. The summed E-state index contributed by atoms with van der Waals surface area (Å²) < 4.78 is 5.04. The Bertz CT molecular complexity index is 914. The zero-order chi connectivity index (χ0) is 17.3. The zero-order valence-corrected chi connectivity index (χ0v) is 13.4. The van der Waals surface area contributed by atoms with E-state index in [1.54, 1.807) is 19.9 Å². The van der Waals surface area contributed by atoms with E-state index in [1.807, 2.05) is 36.4 Å². The lowest BCUT2D eigenvalue weighted by molar-refractivity contribution is -0.148. The number of hydrogen-bond donors (Lipinski definition) is 3. The van der Waals surface area contributed by atoms with E-state index in [0.717, 1.165) is 21.8 Å². The summed E-state index contributed by atoms with van der Waals surface area (Å²) in [5, 5.41) is 13.8. The zero-order valence-electron chi connectivity index (χ0n) is 13.4. The van der Waals surface area contributed by atoms with E-state index in [1.165, 1.54) is 0 Å².